The third-order valence-corrected chi connectivity index (χ3v) is 5.21. The van der Waals surface area contributed by atoms with E-state index in [9.17, 15) is 14.4 Å². The van der Waals surface area contributed by atoms with Crippen molar-refractivity contribution in [3.8, 4) is 11.8 Å². The molecule has 1 saturated heterocycles. The molecule has 1 aromatic carbocycles. The smallest absolute Gasteiger partial charge is 0.410 e. The molecule has 2 aromatic rings. The number of aromatic carboxylic acids is 1. The number of halogens is 1. The van der Waals surface area contributed by atoms with Gasteiger partial charge >= 0.3 is 12.1 Å². The van der Waals surface area contributed by atoms with Gasteiger partial charge in [0.25, 0.3) is 5.91 Å². The number of hydrogen-bond acceptors (Lipinski definition) is 6. The highest BCUT2D eigenvalue weighted by molar-refractivity contribution is 6.31. The molecule has 0 bridgehead atoms. The number of carboxylic acid groups (broad SMARTS) is 1. The molecule has 1 unspecified atom stereocenters. The fraction of sp³-hybridized carbons (Fsp3) is 0.364. The number of hydrogen-bond donors (Lipinski definition) is 3. The normalized spacial score (nSPS) is 15.6. The summed E-state index contributed by atoms with van der Waals surface area (Å²) in [6.07, 6.45) is 0.0988. The van der Waals surface area contributed by atoms with Crippen LogP contribution in [0.1, 0.15) is 65.2 Å². The summed E-state index contributed by atoms with van der Waals surface area (Å²) in [6, 6.07) is 3.79. The van der Waals surface area contributed by atoms with E-state index in [1.165, 1.54) is 22.9 Å². The van der Waals surface area contributed by atoms with Gasteiger partial charge in [0.2, 0.25) is 0 Å². The van der Waals surface area contributed by atoms with Gasteiger partial charge in [-0.2, -0.15) is 5.10 Å². The van der Waals surface area contributed by atoms with E-state index in [0.29, 0.717) is 19.5 Å². The molecule has 1 fully saturated rings. The maximum Gasteiger partial charge on any atom is 0.410 e. The first-order valence-electron chi connectivity index (χ1n) is 10.1. The van der Waals surface area contributed by atoms with Crippen LogP contribution in [0.4, 0.5) is 10.6 Å². The fourth-order valence-corrected chi connectivity index (χ4v) is 3.54. The summed E-state index contributed by atoms with van der Waals surface area (Å²) in [5.74, 6) is 3.55. The molecule has 2 heterocycles. The Kier molecular flexibility index (Phi) is 6.56. The lowest BCUT2D eigenvalue weighted by Crippen LogP contribution is -2.35. The second kappa shape index (κ2) is 9.03. The Hall–Kier alpha value is -3.71. The predicted octanol–water partition coefficient (Wildman–Crippen LogP) is 2.50. The molecule has 0 spiro atoms. The summed E-state index contributed by atoms with van der Waals surface area (Å²) in [5.41, 5.74) is 11.3. The second-order valence-electron chi connectivity index (χ2n) is 8.54. The summed E-state index contributed by atoms with van der Waals surface area (Å²) in [4.78, 5) is 37.2. The second-order valence-corrected chi connectivity index (χ2v) is 8.94. The first-order chi connectivity index (χ1) is 15.4. The van der Waals surface area contributed by atoms with Crippen molar-refractivity contribution in [1.82, 2.24) is 14.7 Å². The van der Waals surface area contributed by atoms with Crippen LogP contribution in [0, 0.1) is 11.8 Å². The van der Waals surface area contributed by atoms with Crippen molar-refractivity contribution in [3.63, 3.8) is 0 Å². The summed E-state index contributed by atoms with van der Waals surface area (Å²) in [6.45, 7) is 6.08. The van der Waals surface area contributed by atoms with Crippen molar-refractivity contribution in [3.05, 3.63) is 45.6 Å². The molecule has 1 atom stereocenters. The van der Waals surface area contributed by atoms with Crippen LogP contribution in [-0.4, -0.2) is 56.4 Å². The highest BCUT2D eigenvalue weighted by Gasteiger charge is 2.33. The first kappa shape index (κ1) is 23.9. The average Bonchev–Trinajstić information content (AvgIpc) is 3.30. The lowest BCUT2D eigenvalue weighted by Gasteiger charge is -2.24. The third-order valence-electron chi connectivity index (χ3n) is 4.88. The van der Waals surface area contributed by atoms with E-state index >= 15 is 0 Å². The van der Waals surface area contributed by atoms with Crippen molar-refractivity contribution in [2.75, 3.05) is 18.8 Å². The molecule has 1 aliphatic rings. The predicted molar refractivity (Wildman–Crippen MR) is 121 cm³/mol. The number of carboxylic acids is 1. The molecule has 11 heteroatoms. The highest BCUT2D eigenvalue weighted by atomic mass is 35.5. The van der Waals surface area contributed by atoms with Gasteiger partial charge in [-0.1, -0.05) is 17.5 Å². The van der Waals surface area contributed by atoms with Crippen LogP contribution in [0.5, 0.6) is 0 Å². The molecule has 1 aliphatic heterocycles. The SMILES string of the molecule is CC(C)(C)OC(=O)N1CCC(n2nc(C#Cc3cc(C(=O)O)ccc3Cl)c(C(N)=O)c2N)C1. The Labute approximate surface area is 195 Å². The number of nitrogens with zero attached hydrogens (tertiary/aromatic N) is 3. The zero-order chi connectivity index (χ0) is 24.5. The van der Waals surface area contributed by atoms with Crippen LogP contribution in [0.25, 0.3) is 0 Å². The van der Waals surface area contributed by atoms with E-state index in [1.807, 2.05) is 0 Å². The van der Waals surface area contributed by atoms with Crippen molar-refractivity contribution in [2.24, 2.45) is 5.73 Å². The number of primary amides is 1. The van der Waals surface area contributed by atoms with Crippen LogP contribution in [-0.2, 0) is 4.74 Å². The minimum absolute atomic E-state index is 0.0112. The monoisotopic (exact) mass is 473 g/mol. The number of nitrogens with two attached hydrogens (primary N) is 2. The number of benzene rings is 1. The minimum atomic E-state index is -1.13. The average molecular weight is 474 g/mol. The minimum Gasteiger partial charge on any atom is -0.478 e. The quantitative estimate of drug-likeness (QED) is 0.578. The van der Waals surface area contributed by atoms with Crippen LogP contribution in [0.2, 0.25) is 5.02 Å². The molecule has 3 rings (SSSR count). The van der Waals surface area contributed by atoms with Crippen LogP contribution in [0.15, 0.2) is 18.2 Å². The van der Waals surface area contributed by atoms with Crippen molar-refractivity contribution < 1.29 is 24.2 Å². The molecule has 0 aliphatic carbocycles. The molecular weight excluding hydrogens is 450 g/mol. The largest absolute Gasteiger partial charge is 0.478 e. The number of rotatable bonds is 3. The van der Waals surface area contributed by atoms with Gasteiger partial charge in [0.15, 0.2) is 5.69 Å². The topological polar surface area (TPSA) is 154 Å². The van der Waals surface area contributed by atoms with E-state index in [2.05, 4.69) is 16.9 Å². The summed E-state index contributed by atoms with van der Waals surface area (Å²) in [5, 5.41) is 13.8. The summed E-state index contributed by atoms with van der Waals surface area (Å²) < 4.78 is 6.84. The van der Waals surface area contributed by atoms with Gasteiger partial charge in [-0.3, -0.25) is 4.79 Å². The molecule has 2 amide bonds. The number of aromatic nitrogens is 2. The van der Waals surface area contributed by atoms with Crippen LogP contribution >= 0.6 is 11.6 Å². The number of amides is 2. The Morgan fingerprint density at radius 1 is 1.27 bits per heavy atom. The number of carbonyl (C=O) groups excluding carboxylic acids is 2. The van der Waals surface area contributed by atoms with Crippen molar-refractivity contribution >= 4 is 35.4 Å². The number of carbonyl (C=O) groups is 3. The maximum atomic E-state index is 12.4. The zero-order valence-corrected chi connectivity index (χ0v) is 19.1. The van der Waals surface area contributed by atoms with Gasteiger partial charge in [0, 0.05) is 18.7 Å². The highest BCUT2D eigenvalue weighted by Crippen LogP contribution is 2.28. The van der Waals surface area contributed by atoms with Gasteiger partial charge in [-0.05, 0) is 51.3 Å². The van der Waals surface area contributed by atoms with Gasteiger partial charge in [-0.25, -0.2) is 14.3 Å². The number of anilines is 1. The molecule has 10 nitrogen and oxygen atoms in total. The van der Waals surface area contributed by atoms with Crippen LogP contribution < -0.4 is 11.5 Å². The Morgan fingerprint density at radius 2 is 1.97 bits per heavy atom. The third kappa shape index (κ3) is 5.38. The van der Waals surface area contributed by atoms with E-state index < -0.39 is 23.6 Å². The van der Waals surface area contributed by atoms with E-state index in [0.717, 1.165) is 0 Å². The number of likely N-dealkylation sites (tertiary alicyclic amines) is 1. The standard InChI is InChI=1S/C22H24ClN5O5/c1-22(2,3)33-21(32)27-9-8-14(11-27)28-18(24)17(19(25)29)16(26-28)7-5-12-10-13(20(30)31)4-6-15(12)23/h4,6,10,14H,8-9,11,24H2,1-3H3,(H2,25,29)(H,30,31). The van der Waals surface area contributed by atoms with Gasteiger partial charge in [0.1, 0.15) is 17.0 Å². The van der Waals surface area contributed by atoms with Crippen LogP contribution in [0.3, 0.4) is 0 Å². The number of ether oxygens (including phenoxy) is 1. The van der Waals surface area contributed by atoms with E-state index in [4.69, 9.17) is 32.9 Å². The molecule has 174 valence electrons. The Morgan fingerprint density at radius 3 is 2.58 bits per heavy atom. The van der Waals surface area contributed by atoms with Gasteiger partial charge in [0.05, 0.1) is 16.6 Å². The molecule has 1 aromatic heterocycles. The molecule has 33 heavy (non-hydrogen) atoms. The summed E-state index contributed by atoms with van der Waals surface area (Å²) in [7, 11) is 0. The van der Waals surface area contributed by atoms with Gasteiger partial charge in [-0.15, -0.1) is 0 Å². The van der Waals surface area contributed by atoms with Crippen molar-refractivity contribution in [2.45, 2.75) is 38.8 Å². The summed E-state index contributed by atoms with van der Waals surface area (Å²) >= 11 is 6.11. The maximum absolute atomic E-state index is 12.4. The van der Waals surface area contributed by atoms with E-state index in [1.54, 1.807) is 25.7 Å². The zero-order valence-electron chi connectivity index (χ0n) is 18.4. The molecule has 0 saturated carbocycles. The fourth-order valence-electron chi connectivity index (χ4n) is 3.37. The lowest BCUT2D eigenvalue weighted by molar-refractivity contribution is 0.0288. The molecular formula is C22H24ClN5O5. The molecule has 5 N–H and O–H groups in total. The Balaban J connectivity index is 1.91. The molecule has 0 radical (unpaired) electrons. The van der Waals surface area contributed by atoms with Gasteiger partial charge < -0.3 is 26.2 Å². The lowest BCUT2D eigenvalue weighted by atomic mass is 10.1. The number of nitrogen functional groups attached to an aromatic ring is 1. The van der Waals surface area contributed by atoms with E-state index in [-0.39, 0.29) is 39.3 Å². The Bertz CT molecular complexity index is 1190. The first-order valence-corrected chi connectivity index (χ1v) is 10.5. The van der Waals surface area contributed by atoms with Crippen molar-refractivity contribution in [1.29, 1.82) is 0 Å².